The Morgan fingerprint density at radius 3 is 2.72 bits per heavy atom. The van der Waals surface area contributed by atoms with Crippen molar-refractivity contribution in [1.82, 2.24) is 0 Å². The van der Waals surface area contributed by atoms with Crippen molar-refractivity contribution in [3.8, 4) is 0 Å². The largest absolute Gasteiger partial charge is 0.294 e. The lowest BCUT2D eigenvalue weighted by atomic mass is 9.77. The van der Waals surface area contributed by atoms with E-state index in [1.807, 2.05) is 11.8 Å². The van der Waals surface area contributed by atoms with Crippen LogP contribution in [0.2, 0.25) is 0 Å². The van der Waals surface area contributed by atoms with E-state index in [2.05, 4.69) is 33.1 Å². The van der Waals surface area contributed by atoms with Crippen molar-refractivity contribution in [2.75, 3.05) is 5.75 Å². The van der Waals surface area contributed by atoms with Gasteiger partial charge in [0.15, 0.2) is 5.78 Å². The summed E-state index contributed by atoms with van der Waals surface area (Å²) in [6.07, 6.45) is 4.95. The Bertz CT molecular complexity index is 356. The summed E-state index contributed by atoms with van der Waals surface area (Å²) in [6.45, 7) is 9.02. The van der Waals surface area contributed by atoms with Gasteiger partial charge in [-0.3, -0.25) is 4.79 Å². The van der Waals surface area contributed by atoms with Crippen LogP contribution in [0.15, 0.2) is 11.0 Å². The number of carbonyl (C=O) groups excluding carboxylic acids is 1. The Morgan fingerprint density at radius 1 is 1.39 bits per heavy atom. The molecule has 0 aromatic rings. The highest BCUT2D eigenvalue weighted by atomic mass is 32.2. The molecule has 0 spiro atoms. The molecule has 18 heavy (non-hydrogen) atoms. The second-order valence-electron chi connectivity index (χ2n) is 6.53. The molecule has 1 nitrogen and oxygen atoms in total. The second kappa shape index (κ2) is 5.40. The molecule has 2 aliphatic rings. The van der Waals surface area contributed by atoms with Crippen molar-refractivity contribution in [2.45, 2.75) is 53.4 Å². The van der Waals surface area contributed by atoms with E-state index in [-0.39, 0.29) is 5.41 Å². The van der Waals surface area contributed by atoms with Gasteiger partial charge in [-0.1, -0.05) is 34.1 Å². The topological polar surface area (TPSA) is 17.1 Å². The molecule has 3 atom stereocenters. The molecule has 2 saturated carbocycles. The third kappa shape index (κ3) is 2.29. The lowest BCUT2D eigenvalue weighted by molar-refractivity contribution is -0.119. The summed E-state index contributed by atoms with van der Waals surface area (Å²) in [7, 11) is 0. The third-order valence-electron chi connectivity index (χ3n) is 4.99. The van der Waals surface area contributed by atoms with Crippen LogP contribution in [0.25, 0.3) is 0 Å². The molecule has 0 heterocycles. The average Bonchev–Trinajstić information content (AvgIpc) is 2.78. The number of unbranched alkanes of at least 4 members (excludes halogenated alkanes) is 1. The van der Waals surface area contributed by atoms with Crippen molar-refractivity contribution in [3.63, 3.8) is 0 Å². The van der Waals surface area contributed by atoms with Crippen LogP contribution in [0.5, 0.6) is 0 Å². The summed E-state index contributed by atoms with van der Waals surface area (Å²) in [5, 5.41) is 2.18. The van der Waals surface area contributed by atoms with Crippen LogP contribution in [0.1, 0.15) is 53.4 Å². The zero-order valence-electron chi connectivity index (χ0n) is 12.2. The van der Waals surface area contributed by atoms with E-state index in [9.17, 15) is 4.79 Å². The maximum Gasteiger partial charge on any atom is 0.163 e. The first-order valence-electron chi connectivity index (χ1n) is 7.36. The first kappa shape index (κ1) is 14.2. The molecule has 0 saturated heterocycles. The minimum atomic E-state index is 0.103. The predicted molar refractivity (Wildman–Crippen MR) is 79.6 cm³/mol. The zero-order valence-corrected chi connectivity index (χ0v) is 13.0. The molecule has 2 aliphatic carbocycles. The quantitative estimate of drug-likeness (QED) is 0.543. The molecular weight excluding hydrogens is 240 g/mol. The number of rotatable bonds is 4. The maximum atomic E-state index is 12.6. The Kier molecular flexibility index (Phi) is 4.25. The molecule has 0 radical (unpaired) electrons. The van der Waals surface area contributed by atoms with E-state index in [1.165, 1.54) is 25.7 Å². The predicted octanol–water partition coefficient (Wildman–Crippen LogP) is 4.67. The van der Waals surface area contributed by atoms with E-state index in [0.717, 1.165) is 11.3 Å². The number of Topliss-reactive ketones (excluding diaryl/α,β-unsaturated/α-hetero) is 1. The molecule has 0 aliphatic heterocycles. The zero-order chi connectivity index (χ0) is 13.3. The highest BCUT2D eigenvalue weighted by molar-refractivity contribution is 8.02. The minimum Gasteiger partial charge on any atom is -0.294 e. The molecule has 102 valence electrons. The van der Waals surface area contributed by atoms with E-state index < -0.39 is 0 Å². The van der Waals surface area contributed by atoms with Crippen LogP contribution in [0, 0.1) is 23.2 Å². The summed E-state index contributed by atoms with van der Waals surface area (Å²) in [5.41, 5.74) is 1.22. The summed E-state index contributed by atoms with van der Waals surface area (Å²) < 4.78 is 0. The number of ketones is 1. The highest BCUT2D eigenvalue weighted by Gasteiger charge is 2.55. The molecule has 0 aromatic heterocycles. The van der Waals surface area contributed by atoms with Crippen molar-refractivity contribution in [3.05, 3.63) is 11.0 Å². The van der Waals surface area contributed by atoms with Gasteiger partial charge in [-0.25, -0.2) is 0 Å². The molecule has 0 bridgehead atoms. The van der Waals surface area contributed by atoms with Crippen molar-refractivity contribution < 1.29 is 4.79 Å². The van der Waals surface area contributed by atoms with E-state index in [0.29, 0.717) is 23.5 Å². The fourth-order valence-corrected chi connectivity index (χ4v) is 4.89. The Balaban J connectivity index is 2.14. The molecule has 0 N–H and O–H groups in total. The van der Waals surface area contributed by atoms with Gasteiger partial charge < -0.3 is 0 Å². The molecule has 0 aromatic carbocycles. The molecular formula is C16H26OS. The maximum absolute atomic E-state index is 12.6. The fraction of sp³-hybridized carbons (Fsp3) is 0.812. The van der Waals surface area contributed by atoms with Gasteiger partial charge in [0.25, 0.3) is 0 Å². The lowest BCUT2D eigenvalue weighted by Gasteiger charge is -2.26. The van der Waals surface area contributed by atoms with Gasteiger partial charge in [0, 0.05) is 11.5 Å². The normalized spacial score (nSPS) is 36.3. The van der Waals surface area contributed by atoms with Crippen LogP contribution in [0.4, 0.5) is 0 Å². The van der Waals surface area contributed by atoms with Crippen LogP contribution >= 0.6 is 11.8 Å². The average molecular weight is 266 g/mol. The minimum absolute atomic E-state index is 0.103. The fourth-order valence-electron chi connectivity index (χ4n) is 3.73. The first-order valence-corrected chi connectivity index (χ1v) is 8.41. The lowest BCUT2D eigenvalue weighted by Crippen LogP contribution is -2.20. The van der Waals surface area contributed by atoms with Crippen molar-refractivity contribution in [2.24, 2.45) is 23.2 Å². The number of fused-ring (bicyclic) bond motifs is 1. The molecule has 0 amide bonds. The van der Waals surface area contributed by atoms with Crippen LogP contribution in [-0.4, -0.2) is 11.5 Å². The van der Waals surface area contributed by atoms with Crippen LogP contribution in [0.3, 0.4) is 0 Å². The van der Waals surface area contributed by atoms with Crippen LogP contribution in [-0.2, 0) is 4.79 Å². The van der Waals surface area contributed by atoms with Gasteiger partial charge in [-0.2, -0.15) is 0 Å². The van der Waals surface area contributed by atoms with Gasteiger partial charge in [-0.15, -0.1) is 11.8 Å². The second-order valence-corrected chi connectivity index (χ2v) is 7.51. The Hall–Kier alpha value is -0.240. The molecule has 2 fully saturated rings. The van der Waals surface area contributed by atoms with Gasteiger partial charge >= 0.3 is 0 Å². The Morgan fingerprint density at radius 2 is 2.11 bits per heavy atom. The van der Waals surface area contributed by atoms with Crippen molar-refractivity contribution >= 4 is 17.5 Å². The van der Waals surface area contributed by atoms with Gasteiger partial charge in [0.05, 0.1) is 0 Å². The molecule has 2 heteroatoms. The third-order valence-corrected chi connectivity index (χ3v) is 5.91. The number of thioether (sulfide) groups is 1. The van der Waals surface area contributed by atoms with Crippen molar-refractivity contribution in [1.29, 1.82) is 0 Å². The smallest absolute Gasteiger partial charge is 0.163 e. The standard InChI is InChI=1S/C16H26OS/c1-5-6-9-18-10-13-15(17)14-11(2)7-8-12(14)16(13,3)4/h10-12,14H,5-9H2,1-4H3/t11-,12+,14-/m1/s1. The van der Waals surface area contributed by atoms with E-state index in [1.54, 1.807) is 0 Å². The Labute approximate surface area is 116 Å². The highest BCUT2D eigenvalue weighted by Crippen LogP contribution is 2.57. The SMILES string of the molecule is CCCCSC=C1C(=O)[C@@H]2[C@H](C)CC[C@@H]2C1(C)C. The number of hydrogen-bond donors (Lipinski definition) is 0. The first-order chi connectivity index (χ1) is 8.50. The monoisotopic (exact) mass is 266 g/mol. The number of allylic oxidation sites excluding steroid dienone is 1. The summed E-state index contributed by atoms with van der Waals surface area (Å²) in [4.78, 5) is 12.6. The summed E-state index contributed by atoms with van der Waals surface area (Å²) >= 11 is 1.84. The van der Waals surface area contributed by atoms with Gasteiger partial charge in [-0.05, 0) is 47.7 Å². The summed E-state index contributed by atoms with van der Waals surface area (Å²) in [5.74, 6) is 3.11. The van der Waals surface area contributed by atoms with Crippen LogP contribution < -0.4 is 0 Å². The number of carbonyl (C=O) groups is 1. The van der Waals surface area contributed by atoms with E-state index >= 15 is 0 Å². The van der Waals surface area contributed by atoms with E-state index in [4.69, 9.17) is 0 Å². The van der Waals surface area contributed by atoms with Gasteiger partial charge in [0.1, 0.15) is 0 Å². The summed E-state index contributed by atoms with van der Waals surface area (Å²) in [6, 6.07) is 0. The number of hydrogen-bond acceptors (Lipinski definition) is 2. The van der Waals surface area contributed by atoms with Gasteiger partial charge in [0.2, 0.25) is 0 Å². The molecule has 0 unspecified atom stereocenters. The molecule has 2 rings (SSSR count).